The second-order valence-electron chi connectivity index (χ2n) is 5.23. The van der Waals surface area contributed by atoms with Gasteiger partial charge in [0.05, 0.1) is 4.90 Å². The van der Waals surface area contributed by atoms with Gasteiger partial charge in [-0.3, -0.25) is 4.79 Å². The summed E-state index contributed by atoms with van der Waals surface area (Å²) < 4.78 is 39.5. The average Bonchev–Trinajstić information content (AvgIpc) is 2.59. The first kappa shape index (κ1) is 18.1. The van der Waals surface area contributed by atoms with Crippen LogP contribution in [0.25, 0.3) is 0 Å². The second kappa shape index (κ2) is 8.03. The van der Waals surface area contributed by atoms with Gasteiger partial charge in [-0.05, 0) is 42.3 Å². The van der Waals surface area contributed by atoms with E-state index < -0.39 is 15.9 Å². The van der Waals surface area contributed by atoms with E-state index in [0.717, 1.165) is 5.56 Å². The van der Waals surface area contributed by atoms with E-state index in [-0.39, 0.29) is 22.8 Å². The van der Waals surface area contributed by atoms with Crippen LogP contribution >= 0.6 is 0 Å². The van der Waals surface area contributed by atoms with Crippen LogP contribution in [0.4, 0.5) is 4.39 Å². The maximum absolute atomic E-state index is 12.8. The van der Waals surface area contributed by atoms with Crippen molar-refractivity contribution in [2.24, 2.45) is 0 Å². The standard InChI is InChI=1S/C17H19FN2O3S/c1-2-10-20-24(22,23)16-5-3-4-14(11-16)17(21)19-12-13-6-8-15(18)9-7-13/h3-9,11,20H,2,10,12H2,1H3,(H,19,21). The second-order valence-corrected chi connectivity index (χ2v) is 7.00. The van der Waals surface area contributed by atoms with Crippen molar-refractivity contribution in [1.82, 2.24) is 10.0 Å². The average molecular weight is 350 g/mol. The summed E-state index contributed by atoms with van der Waals surface area (Å²) in [6, 6.07) is 11.6. The first-order valence-corrected chi connectivity index (χ1v) is 9.03. The van der Waals surface area contributed by atoms with Gasteiger partial charge in [-0.2, -0.15) is 0 Å². The molecule has 24 heavy (non-hydrogen) atoms. The summed E-state index contributed by atoms with van der Waals surface area (Å²) in [5.74, 6) is -0.741. The van der Waals surface area contributed by atoms with Crippen LogP contribution in [-0.2, 0) is 16.6 Å². The SMILES string of the molecule is CCCNS(=O)(=O)c1cccc(C(=O)NCc2ccc(F)cc2)c1. The fourth-order valence-corrected chi connectivity index (χ4v) is 3.19. The van der Waals surface area contributed by atoms with Crippen LogP contribution in [0.2, 0.25) is 0 Å². The first-order valence-electron chi connectivity index (χ1n) is 7.55. The molecule has 0 bridgehead atoms. The lowest BCUT2D eigenvalue weighted by molar-refractivity contribution is 0.0950. The summed E-state index contributed by atoms with van der Waals surface area (Å²) in [5, 5.41) is 2.68. The molecule has 0 radical (unpaired) electrons. The number of carbonyl (C=O) groups is 1. The third-order valence-electron chi connectivity index (χ3n) is 3.31. The zero-order valence-corrected chi connectivity index (χ0v) is 14.1. The van der Waals surface area contributed by atoms with Crippen LogP contribution < -0.4 is 10.0 Å². The molecule has 0 unspecified atom stereocenters. The topological polar surface area (TPSA) is 75.3 Å². The number of hydrogen-bond donors (Lipinski definition) is 2. The Bertz CT molecular complexity index is 805. The molecule has 5 nitrogen and oxygen atoms in total. The smallest absolute Gasteiger partial charge is 0.251 e. The third kappa shape index (κ3) is 4.87. The molecule has 7 heteroatoms. The Morgan fingerprint density at radius 3 is 2.50 bits per heavy atom. The number of carbonyl (C=O) groups excluding carboxylic acids is 1. The summed E-state index contributed by atoms with van der Waals surface area (Å²) in [7, 11) is -3.62. The van der Waals surface area contributed by atoms with Crippen molar-refractivity contribution in [3.8, 4) is 0 Å². The van der Waals surface area contributed by atoms with Gasteiger partial charge in [0.1, 0.15) is 5.82 Å². The Morgan fingerprint density at radius 1 is 1.12 bits per heavy atom. The zero-order valence-electron chi connectivity index (χ0n) is 13.3. The van der Waals surface area contributed by atoms with E-state index in [4.69, 9.17) is 0 Å². The molecule has 0 fully saturated rings. The maximum Gasteiger partial charge on any atom is 0.251 e. The summed E-state index contributed by atoms with van der Waals surface area (Å²) in [5.41, 5.74) is 0.995. The molecule has 2 aromatic rings. The van der Waals surface area contributed by atoms with Crippen molar-refractivity contribution in [3.05, 3.63) is 65.5 Å². The monoisotopic (exact) mass is 350 g/mol. The van der Waals surface area contributed by atoms with Crippen molar-refractivity contribution in [1.29, 1.82) is 0 Å². The predicted molar refractivity (Wildman–Crippen MR) is 89.5 cm³/mol. The number of sulfonamides is 1. The minimum atomic E-state index is -3.62. The van der Waals surface area contributed by atoms with Crippen LogP contribution in [0, 0.1) is 5.82 Å². The van der Waals surface area contributed by atoms with E-state index in [1.165, 1.54) is 30.3 Å². The fourth-order valence-electron chi connectivity index (χ4n) is 2.01. The first-order chi connectivity index (χ1) is 11.4. The van der Waals surface area contributed by atoms with Crippen molar-refractivity contribution in [2.45, 2.75) is 24.8 Å². The van der Waals surface area contributed by atoms with E-state index in [1.807, 2.05) is 6.92 Å². The number of nitrogens with one attached hydrogen (secondary N) is 2. The van der Waals surface area contributed by atoms with Gasteiger partial charge in [0.2, 0.25) is 10.0 Å². The molecule has 2 rings (SSSR count). The molecule has 2 aromatic carbocycles. The lowest BCUT2D eigenvalue weighted by Gasteiger charge is -2.09. The molecule has 0 saturated carbocycles. The van der Waals surface area contributed by atoms with Gasteiger partial charge < -0.3 is 5.32 Å². The van der Waals surface area contributed by atoms with Gasteiger partial charge in [0.15, 0.2) is 0 Å². The fraction of sp³-hybridized carbons (Fsp3) is 0.235. The molecule has 0 saturated heterocycles. The molecule has 0 aromatic heterocycles. The third-order valence-corrected chi connectivity index (χ3v) is 4.77. The maximum atomic E-state index is 12.8. The normalized spacial score (nSPS) is 11.2. The Morgan fingerprint density at radius 2 is 1.83 bits per heavy atom. The molecule has 0 aliphatic rings. The molecule has 0 aliphatic carbocycles. The zero-order chi connectivity index (χ0) is 17.6. The highest BCUT2D eigenvalue weighted by molar-refractivity contribution is 7.89. The van der Waals surface area contributed by atoms with Gasteiger partial charge in [-0.15, -0.1) is 0 Å². The van der Waals surface area contributed by atoms with Crippen molar-refractivity contribution < 1.29 is 17.6 Å². The van der Waals surface area contributed by atoms with Crippen LogP contribution in [0.1, 0.15) is 29.3 Å². The minimum Gasteiger partial charge on any atom is -0.348 e. The van der Waals surface area contributed by atoms with E-state index in [2.05, 4.69) is 10.0 Å². The number of hydrogen-bond acceptors (Lipinski definition) is 3. The van der Waals surface area contributed by atoms with Crippen LogP contribution in [0.5, 0.6) is 0 Å². The van der Waals surface area contributed by atoms with Gasteiger partial charge in [-0.1, -0.05) is 25.1 Å². The van der Waals surface area contributed by atoms with Gasteiger partial charge in [-0.25, -0.2) is 17.5 Å². The quantitative estimate of drug-likeness (QED) is 0.805. The van der Waals surface area contributed by atoms with E-state index in [0.29, 0.717) is 13.0 Å². The highest BCUT2D eigenvalue weighted by atomic mass is 32.2. The summed E-state index contributed by atoms with van der Waals surface area (Å²) >= 11 is 0. The van der Waals surface area contributed by atoms with Gasteiger partial charge in [0.25, 0.3) is 5.91 Å². The van der Waals surface area contributed by atoms with Crippen molar-refractivity contribution in [3.63, 3.8) is 0 Å². The van der Waals surface area contributed by atoms with E-state index in [9.17, 15) is 17.6 Å². The van der Waals surface area contributed by atoms with Crippen molar-refractivity contribution in [2.75, 3.05) is 6.54 Å². The highest BCUT2D eigenvalue weighted by Crippen LogP contribution is 2.12. The number of benzene rings is 2. The minimum absolute atomic E-state index is 0.0467. The summed E-state index contributed by atoms with van der Waals surface area (Å²) in [6.07, 6.45) is 0.678. The number of rotatable bonds is 7. The van der Waals surface area contributed by atoms with Gasteiger partial charge >= 0.3 is 0 Å². The molecule has 0 spiro atoms. The number of amides is 1. The lowest BCUT2D eigenvalue weighted by atomic mass is 10.2. The Kier molecular flexibility index (Phi) is 6.05. The highest BCUT2D eigenvalue weighted by Gasteiger charge is 2.15. The van der Waals surface area contributed by atoms with Crippen LogP contribution in [-0.4, -0.2) is 20.9 Å². The summed E-state index contributed by atoms with van der Waals surface area (Å²) in [6.45, 7) is 2.43. The lowest BCUT2D eigenvalue weighted by Crippen LogP contribution is -2.26. The molecule has 0 heterocycles. The van der Waals surface area contributed by atoms with Crippen molar-refractivity contribution >= 4 is 15.9 Å². The predicted octanol–water partition coefficient (Wildman–Crippen LogP) is 2.44. The molecule has 2 N–H and O–H groups in total. The van der Waals surface area contributed by atoms with E-state index >= 15 is 0 Å². The Hall–Kier alpha value is -2.25. The number of halogens is 1. The van der Waals surface area contributed by atoms with E-state index in [1.54, 1.807) is 18.2 Å². The Labute approximate surface area is 141 Å². The molecule has 1 amide bonds. The largest absolute Gasteiger partial charge is 0.348 e. The van der Waals surface area contributed by atoms with Crippen LogP contribution in [0.15, 0.2) is 53.4 Å². The van der Waals surface area contributed by atoms with Gasteiger partial charge in [0, 0.05) is 18.7 Å². The molecular weight excluding hydrogens is 331 g/mol. The molecule has 128 valence electrons. The Balaban J connectivity index is 2.07. The van der Waals surface area contributed by atoms with Crippen LogP contribution in [0.3, 0.4) is 0 Å². The molecule has 0 atom stereocenters. The molecule has 0 aliphatic heterocycles. The molecular formula is C17H19FN2O3S. The summed E-state index contributed by atoms with van der Waals surface area (Å²) in [4.78, 5) is 12.2.